The summed E-state index contributed by atoms with van der Waals surface area (Å²) < 4.78 is 0. The van der Waals surface area contributed by atoms with Crippen molar-refractivity contribution in [2.24, 2.45) is 27.9 Å². The van der Waals surface area contributed by atoms with E-state index in [4.69, 9.17) is 22.9 Å². The molecule has 1 fully saturated rings. The van der Waals surface area contributed by atoms with Crippen LogP contribution in [-0.4, -0.2) is 93.4 Å². The Morgan fingerprint density at radius 2 is 1.87 bits per heavy atom. The van der Waals surface area contributed by atoms with Gasteiger partial charge in [0.25, 0.3) is 0 Å². The van der Waals surface area contributed by atoms with Crippen molar-refractivity contribution in [1.29, 1.82) is 0 Å². The van der Waals surface area contributed by atoms with E-state index in [1.54, 1.807) is 0 Å². The Morgan fingerprint density at radius 1 is 1.13 bits per heavy atom. The maximum Gasteiger partial charge on any atom is 0.326 e. The summed E-state index contributed by atoms with van der Waals surface area (Å²) in [4.78, 5) is 63.1. The van der Waals surface area contributed by atoms with Gasteiger partial charge in [-0.05, 0) is 51.5 Å². The van der Waals surface area contributed by atoms with Crippen LogP contribution in [0.2, 0.25) is 0 Å². The Labute approximate surface area is 221 Å². The molecule has 0 spiro atoms. The Bertz CT molecular complexity index is 950. The minimum absolute atomic E-state index is 0.0570. The van der Waals surface area contributed by atoms with Crippen LogP contribution < -0.4 is 33.6 Å². The molecule has 1 aromatic rings. The van der Waals surface area contributed by atoms with Gasteiger partial charge in [0.1, 0.15) is 18.1 Å². The van der Waals surface area contributed by atoms with Gasteiger partial charge in [0, 0.05) is 31.4 Å². The number of aliphatic imine (C=N–C) groups is 1. The molecule has 2 heterocycles. The zero-order valence-corrected chi connectivity index (χ0v) is 21.5. The monoisotopic (exact) mass is 536 g/mol. The maximum absolute atomic E-state index is 13.4. The number of carboxylic acids is 1. The molecular formula is C23H40N10O5. The topological polar surface area (TPSA) is 261 Å². The van der Waals surface area contributed by atoms with Crippen LogP contribution in [0, 0.1) is 0 Å². The fraction of sp³-hybridized carbons (Fsp3) is 0.652. The molecule has 1 aliphatic heterocycles. The first-order chi connectivity index (χ1) is 18.1. The van der Waals surface area contributed by atoms with E-state index >= 15 is 0 Å². The van der Waals surface area contributed by atoms with Crippen LogP contribution >= 0.6 is 0 Å². The highest BCUT2D eigenvalue weighted by Crippen LogP contribution is 2.20. The number of hydrogen-bond donors (Lipinski definition) is 8. The number of amides is 3. The smallest absolute Gasteiger partial charge is 0.326 e. The number of rotatable bonds is 16. The van der Waals surface area contributed by atoms with Gasteiger partial charge in [-0.15, -0.1) is 0 Å². The van der Waals surface area contributed by atoms with E-state index in [2.05, 4.69) is 25.6 Å². The minimum atomic E-state index is -1.08. The molecule has 2 rings (SSSR count). The standard InChI is InChI=1S/C23H40N10O5/c24-8-2-1-6-16(21(36)33-10-4-7-18(33)22(37)38)31-20(35)17(11-14-12-28-13-30-14)32-19(34)15(25)5-3-9-29-23(26)27/h12-13,15-18H,1-11,24-25H2,(H,28,30)(H,31,35)(H,32,34)(H,37,38)(H4,26,27,29). The van der Waals surface area contributed by atoms with Crippen LogP contribution in [0.4, 0.5) is 0 Å². The summed E-state index contributed by atoms with van der Waals surface area (Å²) in [6, 6.07) is -3.88. The highest BCUT2D eigenvalue weighted by atomic mass is 16.4. The van der Waals surface area contributed by atoms with E-state index in [1.165, 1.54) is 17.4 Å². The number of carboxylic acid groups (broad SMARTS) is 1. The molecule has 212 valence electrons. The Balaban J connectivity index is 2.13. The highest BCUT2D eigenvalue weighted by Gasteiger charge is 2.38. The lowest BCUT2D eigenvalue weighted by Crippen LogP contribution is -2.57. The van der Waals surface area contributed by atoms with Crippen molar-refractivity contribution in [2.75, 3.05) is 19.6 Å². The number of hydrogen-bond acceptors (Lipinski definition) is 8. The second-order valence-electron chi connectivity index (χ2n) is 9.27. The Kier molecular flexibility index (Phi) is 12.5. The van der Waals surface area contributed by atoms with Gasteiger partial charge in [-0.3, -0.25) is 19.4 Å². The second-order valence-corrected chi connectivity index (χ2v) is 9.27. The lowest BCUT2D eigenvalue weighted by Gasteiger charge is -2.29. The lowest BCUT2D eigenvalue weighted by atomic mass is 10.0. The van der Waals surface area contributed by atoms with Gasteiger partial charge in [-0.2, -0.15) is 0 Å². The molecular weight excluding hydrogens is 496 g/mol. The fourth-order valence-corrected chi connectivity index (χ4v) is 4.26. The largest absolute Gasteiger partial charge is 0.480 e. The van der Waals surface area contributed by atoms with Crippen LogP contribution in [-0.2, 0) is 25.6 Å². The predicted molar refractivity (Wildman–Crippen MR) is 139 cm³/mol. The van der Waals surface area contributed by atoms with Crippen molar-refractivity contribution in [3.05, 3.63) is 18.2 Å². The quantitative estimate of drug-likeness (QED) is 0.0625. The van der Waals surface area contributed by atoms with Gasteiger partial charge in [0.05, 0.1) is 12.4 Å². The van der Waals surface area contributed by atoms with E-state index in [0.717, 1.165) is 0 Å². The van der Waals surface area contributed by atoms with E-state index < -0.39 is 47.9 Å². The number of unbranched alkanes of at least 4 members (excludes halogenated alkanes) is 1. The second kappa shape index (κ2) is 15.5. The molecule has 1 aromatic heterocycles. The SMILES string of the molecule is NCCCCC(NC(=O)C(Cc1cnc[nH]1)NC(=O)C(N)CCCN=C(N)N)C(=O)N1CCCC1C(=O)O. The third-order valence-electron chi connectivity index (χ3n) is 6.30. The number of aromatic amines is 1. The summed E-state index contributed by atoms with van der Waals surface area (Å²) in [6.07, 6.45) is 6.16. The summed E-state index contributed by atoms with van der Waals surface area (Å²) in [5.41, 5.74) is 22.8. The average molecular weight is 537 g/mol. The third-order valence-corrected chi connectivity index (χ3v) is 6.30. The number of aromatic nitrogens is 2. The highest BCUT2D eigenvalue weighted by molar-refractivity contribution is 5.94. The van der Waals surface area contributed by atoms with Gasteiger partial charge in [-0.25, -0.2) is 9.78 Å². The van der Waals surface area contributed by atoms with Crippen molar-refractivity contribution in [3.8, 4) is 0 Å². The number of nitrogens with zero attached hydrogens (tertiary/aromatic N) is 3. The molecule has 0 aliphatic carbocycles. The van der Waals surface area contributed by atoms with Gasteiger partial charge >= 0.3 is 5.97 Å². The van der Waals surface area contributed by atoms with Crippen molar-refractivity contribution < 1.29 is 24.3 Å². The van der Waals surface area contributed by atoms with Gasteiger partial charge in [-0.1, -0.05) is 0 Å². The number of likely N-dealkylation sites (tertiary alicyclic amines) is 1. The summed E-state index contributed by atoms with van der Waals surface area (Å²) in [7, 11) is 0. The molecule has 12 N–H and O–H groups in total. The van der Waals surface area contributed by atoms with E-state index in [-0.39, 0.29) is 25.2 Å². The fourth-order valence-electron chi connectivity index (χ4n) is 4.26. The van der Waals surface area contributed by atoms with Crippen LogP contribution in [0.5, 0.6) is 0 Å². The maximum atomic E-state index is 13.4. The summed E-state index contributed by atoms with van der Waals surface area (Å²) in [5.74, 6) is -2.76. The number of carbonyl (C=O) groups excluding carboxylic acids is 3. The first-order valence-electron chi connectivity index (χ1n) is 12.8. The molecule has 1 saturated heterocycles. The zero-order valence-electron chi connectivity index (χ0n) is 21.5. The van der Waals surface area contributed by atoms with Crippen LogP contribution in [0.25, 0.3) is 0 Å². The zero-order chi connectivity index (χ0) is 28.1. The molecule has 38 heavy (non-hydrogen) atoms. The van der Waals surface area contributed by atoms with Gasteiger partial charge < -0.3 is 48.6 Å². The van der Waals surface area contributed by atoms with E-state index in [1.807, 2.05) is 0 Å². The average Bonchev–Trinajstić information content (AvgIpc) is 3.57. The van der Waals surface area contributed by atoms with Crippen LogP contribution in [0.3, 0.4) is 0 Å². The summed E-state index contributed by atoms with van der Waals surface area (Å²) in [6.45, 7) is 1.01. The van der Waals surface area contributed by atoms with Crippen molar-refractivity contribution in [2.45, 2.75) is 75.5 Å². The molecule has 0 radical (unpaired) electrons. The summed E-state index contributed by atoms with van der Waals surface area (Å²) in [5, 5.41) is 14.9. The number of carbonyl (C=O) groups is 4. The first-order valence-corrected chi connectivity index (χ1v) is 12.8. The lowest BCUT2D eigenvalue weighted by molar-refractivity contribution is -0.149. The number of nitrogens with one attached hydrogen (secondary N) is 3. The predicted octanol–water partition coefficient (Wildman–Crippen LogP) is -2.49. The van der Waals surface area contributed by atoms with Crippen molar-refractivity contribution >= 4 is 29.7 Å². The van der Waals surface area contributed by atoms with Gasteiger partial charge in [0.2, 0.25) is 17.7 Å². The Hall–Kier alpha value is -3.72. The molecule has 15 heteroatoms. The number of nitrogens with two attached hydrogens (primary N) is 4. The summed E-state index contributed by atoms with van der Waals surface area (Å²) >= 11 is 0. The number of H-pyrrole nitrogens is 1. The van der Waals surface area contributed by atoms with E-state index in [0.29, 0.717) is 57.4 Å². The normalized spacial score (nSPS) is 17.3. The van der Waals surface area contributed by atoms with Crippen LogP contribution in [0.1, 0.15) is 50.6 Å². The van der Waals surface area contributed by atoms with E-state index in [9.17, 15) is 24.3 Å². The van der Waals surface area contributed by atoms with Crippen molar-refractivity contribution in [1.82, 2.24) is 25.5 Å². The molecule has 0 bridgehead atoms. The minimum Gasteiger partial charge on any atom is -0.480 e. The molecule has 4 atom stereocenters. The van der Waals surface area contributed by atoms with Crippen molar-refractivity contribution in [3.63, 3.8) is 0 Å². The molecule has 1 aliphatic rings. The molecule has 15 nitrogen and oxygen atoms in total. The van der Waals surface area contributed by atoms with Crippen LogP contribution in [0.15, 0.2) is 17.5 Å². The molecule has 0 aromatic carbocycles. The third kappa shape index (κ3) is 9.63. The first kappa shape index (κ1) is 30.5. The molecule has 0 saturated carbocycles. The van der Waals surface area contributed by atoms with Gasteiger partial charge in [0.15, 0.2) is 5.96 Å². The number of imidazole rings is 1. The molecule has 3 amide bonds. The number of aliphatic carboxylic acids is 1. The number of guanidine groups is 1. The molecule has 4 unspecified atom stereocenters. The Morgan fingerprint density at radius 3 is 2.50 bits per heavy atom.